The Labute approximate surface area is 170 Å². The van der Waals surface area contributed by atoms with E-state index in [1.165, 1.54) is 0 Å². The smallest absolute Gasteiger partial charge is 0.217 e. The molecular weight excluding hydrogens is 368 g/mol. The highest BCUT2D eigenvalue weighted by molar-refractivity contribution is 6.02. The van der Waals surface area contributed by atoms with Gasteiger partial charge in [0.2, 0.25) is 11.7 Å². The van der Waals surface area contributed by atoms with Crippen LogP contribution in [0.3, 0.4) is 0 Å². The van der Waals surface area contributed by atoms with Crippen molar-refractivity contribution in [2.24, 2.45) is 7.05 Å². The maximum absolute atomic E-state index is 12.0. The molecule has 152 valence electrons. The van der Waals surface area contributed by atoms with Crippen LogP contribution in [-0.4, -0.2) is 31.8 Å². The van der Waals surface area contributed by atoms with Crippen LogP contribution in [-0.2, 0) is 18.3 Å². The van der Waals surface area contributed by atoms with Crippen LogP contribution in [0.4, 0.5) is 0 Å². The fourth-order valence-corrected chi connectivity index (χ4v) is 4.58. The second kappa shape index (κ2) is 7.35. The van der Waals surface area contributed by atoms with Crippen LogP contribution in [0.25, 0.3) is 22.0 Å². The minimum atomic E-state index is -0.103. The van der Waals surface area contributed by atoms with Crippen molar-refractivity contribution >= 4 is 16.8 Å². The number of aromatic nitrogens is 1. The van der Waals surface area contributed by atoms with Crippen molar-refractivity contribution in [2.45, 2.75) is 25.8 Å². The highest BCUT2D eigenvalue weighted by Gasteiger charge is 2.33. The minimum Gasteiger partial charge on any atom is -0.493 e. The number of carbonyl (C=O) groups is 1. The molecule has 1 unspecified atom stereocenters. The molecule has 1 aliphatic rings. The molecule has 2 aromatic carbocycles. The Balaban J connectivity index is 2.14. The fourth-order valence-electron chi connectivity index (χ4n) is 4.58. The number of nitrogens with one attached hydrogen (secondary N) is 1. The zero-order valence-corrected chi connectivity index (χ0v) is 17.5. The van der Waals surface area contributed by atoms with Gasteiger partial charge >= 0.3 is 0 Å². The zero-order chi connectivity index (χ0) is 20.7. The van der Waals surface area contributed by atoms with Crippen molar-refractivity contribution in [1.29, 1.82) is 0 Å². The van der Waals surface area contributed by atoms with E-state index in [2.05, 4.69) is 22.0 Å². The number of aryl methyl sites for hydroxylation is 2. The first-order valence-corrected chi connectivity index (χ1v) is 9.68. The summed E-state index contributed by atoms with van der Waals surface area (Å²) in [6.07, 6.45) is 1.56. The lowest BCUT2D eigenvalue weighted by molar-refractivity contribution is -0.119. The normalized spacial score (nSPS) is 15.3. The van der Waals surface area contributed by atoms with Crippen LogP contribution in [0.15, 0.2) is 30.3 Å². The predicted octanol–water partition coefficient (Wildman–Crippen LogP) is 3.99. The van der Waals surface area contributed by atoms with Crippen molar-refractivity contribution in [3.63, 3.8) is 0 Å². The van der Waals surface area contributed by atoms with Crippen LogP contribution in [0.1, 0.15) is 30.6 Å². The Morgan fingerprint density at radius 2 is 1.79 bits per heavy atom. The lowest BCUT2D eigenvalue weighted by atomic mass is 9.95. The molecular formula is C23H26N2O4. The minimum absolute atomic E-state index is 0.0423. The summed E-state index contributed by atoms with van der Waals surface area (Å²) in [4.78, 5) is 12.0. The van der Waals surface area contributed by atoms with Crippen LogP contribution in [0.2, 0.25) is 0 Å². The van der Waals surface area contributed by atoms with Gasteiger partial charge in [0.1, 0.15) is 0 Å². The van der Waals surface area contributed by atoms with E-state index in [1.807, 2.05) is 25.2 Å². The number of amides is 1. The number of benzene rings is 2. The summed E-state index contributed by atoms with van der Waals surface area (Å²) in [5.41, 5.74) is 5.38. The van der Waals surface area contributed by atoms with Crippen LogP contribution in [0.5, 0.6) is 17.2 Å². The van der Waals surface area contributed by atoms with E-state index in [9.17, 15) is 4.79 Å². The molecule has 1 N–H and O–H groups in total. The molecule has 1 aromatic heterocycles. The monoisotopic (exact) mass is 394 g/mol. The van der Waals surface area contributed by atoms with Crippen LogP contribution >= 0.6 is 0 Å². The van der Waals surface area contributed by atoms with E-state index in [-0.39, 0.29) is 11.9 Å². The third kappa shape index (κ3) is 2.90. The summed E-state index contributed by atoms with van der Waals surface area (Å²) in [5.74, 6) is 1.83. The topological polar surface area (TPSA) is 61.7 Å². The second-order valence-corrected chi connectivity index (χ2v) is 7.31. The molecule has 1 heterocycles. The van der Waals surface area contributed by atoms with E-state index in [1.54, 1.807) is 28.3 Å². The third-order valence-electron chi connectivity index (χ3n) is 5.72. The number of nitrogens with zero attached hydrogens (tertiary/aromatic N) is 1. The lowest BCUT2D eigenvalue weighted by Gasteiger charge is -2.20. The lowest BCUT2D eigenvalue weighted by Crippen LogP contribution is -2.27. The first kappa shape index (κ1) is 19.2. The molecule has 6 nitrogen and oxygen atoms in total. The molecule has 0 saturated carbocycles. The maximum atomic E-state index is 12.0. The summed E-state index contributed by atoms with van der Waals surface area (Å²) in [6, 6.07) is 10.2. The molecule has 0 fully saturated rings. The van der Waals surface area contributed by atoms with Crippen LogP contribution in [0, 0.1) is 0 Å². The van der Waals surface area contributed by atoms with E-state index in [0.717, 1.165) is 46.1 Å². The molecule has 1 amide bonds. The zero-order valence-electron chi connectivity index (χ0n) is 17.5. The van der Waals surface area contributed by atoms with Crippen molar-refractivity contribution in [1.82, 2.24) is 9.88 Å². The second-order valence-electron chi connectivity index (χ2n) is 7.31. The van der Waals surface area contributed by atoms with Gasteiger partial charge in [-0.1, -0.05) is 18.2 Å². The maximum Gasteiger partial charge on any atom is 0.217 e. The number of hydrogen-bond acceptors (Lipinski definition) is 4. The SMILES string of the molecule is COc1cc2c(c(OC)c1OC)-c1c(n(C)c3ccccc13)C(NC(C)=O)CC2. The summed E-state index contributed by atoms with van der Waals surface area (Å²) < 4.78 is 19.3. The standard InChI is InChI=1S/C23H26N2O4/c1-13(26)24-16-11-10-14-12-18(27-3)22(28-4)23(29-5)19(14)20-15-8-6-7-9-17(15)25(2)21(16)20/h6-9,12,16H,10-11H2,1-5H3,(H,24,26). The van der Waals surface area contributed by atoms with Crippen molar-refractivity contribution < 1.29 is 19.0 Å². The van der Waals surface area contributed by atoms with Gasteiger partial charge in [0, 0.05) is 41.7 Å². The van der Waals surface area contributed by atoms with Gasteiger partial charge in [-0.15, -0.1) is 0 Å². The average Bonchev–Trinajstić information content (AvgIpc) is 2.91. The predicted molar refractivity (Wildman–Crippen MR) is 113 cm³/mol. The molecule has 0 radical (unpaired) electrons. The van der Waals surface area contributed by atoms with Crippen molar-refractivity contribution in [2.75, 3.05) is 21.3 Å². The number of hydrogen-bond donors (Lipinski definition) is 1. The Morgan fingerprint density at radius 1 is 1.07 bits per heavy atom. The average molecular weight is 394 g/mol. The first-order chi connectivity index (χ1) is 14.0. The van der Waals surface area contributed by atoms with Gasteiger partial charge in [0.15, 0.2) is 11.5 Å². The summed E-state index contributed by atoms with van der Waals surface area (Å²) in [7, 11) is 6.95. The Bertz CT molecular complexity index is 1100. The molecule has 0 spiro atoms. The number of fused-ring (bicyclic) bond motifs is 5. The summed E-state index contributed by atoms with van der Waals surface area (Å²) >= 11 is 0. The highest BCUT2D eigenvalue weighted by Crippen LogP contribution is 2.52. The van der Waals surface area contributed by atoms with Gasteiger partial charge < -0.3 is 24.1 Å². The number of para-hydroxylation sites is 1. The molecule has 6 heteroatoms. The van der Waals surface area contributed by atoms with Crippen molar-refractivity contribution in [3.05, 3.63) is 41.6 Å². The van der Waals surface area contributed by atoms with Gasteiger partial charge in [-0.3, -0.25) is 4.79 Å². The van der Waals surface area contributed by atoms with E-state index in [0.29, 0.717) is 17.2 Å². The quantitative estimate of drug-likeness (QED) is 0.727. The van der Waals surface area contributed by atoms with Gasteiger partial charge in [0.25, 0.3) is 0 Å². The van der Waals surface area contributed by atoms with Gasteiger partial charge in [-0.2, -0.15) is 0 Å². The van der Waals surface area contributed by atoms with E-state index in [4.69, 9.17) is 14.2 Å². The fraction of sp³-hybridized carbons (Fsp3) is 0.348. The molecule has 4 rings (SSSR count). The van der Waals surface area contributed by atoms with E-state index < -0.39 is 0 Å². The number of methoxy groups -OCH3 is 3. The van der Waals surface area contributed by atoms with Crippen molar-refractivity contribution in [3.8, 4) is 28.4 Å². The van der Waals surface area contributed by atoms with Gasteiger partial charge in [-0.25, -0.2) is 0 Å². The van der Waals surface area contributed by atoms with Gasteiger partial charge in [0.05, 0.1) is 27.4 Å². The molecule has 0 bridgehead atoms. The molecule has 29 heavy (non-hydrogen) atoms. The summed E-state index contributed by atoms with van der Waals surface area (Å²) in [5, 5.41) is 4.27. The third-order valence-corrected chi connectivity index (χ3v) is 5.72. The molecule has 0 saturated heterocycles. The molecule has 1 atom stereocenters. The number of rotatable bonds is 4. The Morgan fingerprint density at radius 3 is 2.45 bits per heavy atom. The number of carbonyl (C=O) groups excluding carboxylic acids is 1. The summed E-state index contributed by atoms with van der Waals surface area (Å²) in [6.45, 7) is 1.56. The molecule has 3 aromatic rings. The molecule has 0 aliphatic heterocycles. The molecule has 1 aliphatic carbocycles. The number of ether oxygens (including phenoxy) is 3. The Kier molecular flexibility index (Phi) is 4.86. The highest BCUT2D eigenvalue weighted by atomic mass is 16.5. The first-order valence-electron chi connectivity index (χ1n) is 9.68. The Hall–Kier alpha value is -3.15. The van der Waals surface area contributed by atoms with E-state index >= 15 is 0 Å². The largest absolute Gasteiger partial charge is 0.493 e. The van der Waals surface area contributed by atoms with Gasteiger partial charge in [-0.05, 0) is 30.5 Å². The van der Waals surface area contributed by atoms with Crippen LogP contribution < -0.4 is 19.5 Å².